The van der Waals surface area contributed by atoms with Gasteiger partial charge in [-0.05, 0) is 23.8 Å². The van der Waals surface area contributed by atoms with Crippen LogP contribution in [0.3, 0.4) is 0 Å². The largest absolute Gasteiger partial charge is 0.416 e. The Labute approximate surface area is 194 Å². The highest BCUT2D eigenvalue weighted by atomic mass is 19.4. The molecule has 2 aromatic rings. The van der Waals surface area contributed by atoms with Gasteiger partial charge >= 0.3 is 12.4 Å². The fourth-order valence-electron chi connectivity index (χ4n) is 3.71. The van der Waals surface area contributed by atoms with Crippen molar-refractivity contribution in [3.8, 4) is 11.4 Å². The zero-order chi connectivity index (χ0) is 25.4. The van der Waals surface area contributed by atoms with Gasteiger partial charge in [0.25, 0.3) is 0 Å². The Bertz CT molecular complexity index is 1170. The number of allylic oxidation sites excluding steroid dienone is 2. The first-order valence-corrected chi connectivity index (χ1v) is 10.3. The standard InChI is InChI=1S/C22H18F7N5O/c23-20(9-14-2-1-4-30-10-14)11-33(12-20)18(35)3-5-34-13-31-19(32-34)15-6-16(21(24,25)26)8-17(7-15)22(27,28)29/h1-3,5-8,10,13,30H,4,9,11-12H2/b5-3-. The molecule has 1 amide bonds. The number of amides is 1. The molecule has 1 N–H and O–H groups in total. The number of carbonyl (C=O) groups is 1. The summed E-state index contributed by atoms with van der Waals surface area (Å²) in [5, 5.41) is 6.80. The molecule has 2 aliphatic rings. The molecular weight excluding hydrogens is 483 g/mol. The number of halogens is 7. The van der Waals surface area contributed by atoms with Gasteiger partial charge in [-0.1, -0.05) is 12.2 Å². The number of likely N-dealkylation sites (tertiary alicyclic amines) is 1. The summed E-state index contributed by atoms with van der Waals surface area (Å²) in [7, 11) is 0. The molecule has 13 heteroatoms. The second-order valence-corrected chi connectivity index (χ2v) is 8.21. The van der Waals surface area contributed by atoms with E-state index in [0.29, 0.717) is 18.7 Å². The molecule has 3 heterocycles. The molecule has 0 unspecified atom stereocenters. The summed E-state index contributed by atoms with van der Waals surface area (Å²) >= 11 is 0. The Balaban J connectivity index is 1.43. The topological polar surface area (TPSA) is 63.1 Å². The minimum Gasteiger partial charge on any atom is -0.387 e. The quantitative estimate of drug-likeness (QED) is 0.486. The number of nitrogens with zero attached hydrogens (tertiary/aromatic N) is 4. The molecule has 186 valence electrons. The zero-order valence-corrected chi connectivity index (χ0v) is 17.9. The lowest BCUT2D eigenvalue weighted by atomic mass is 9.88. The van der Waals surface area contributed by atoms with Crippen molar-refractivity contribution in [2.24, 2.45) is 0 Å². The normalized spacial score (nSPS) is 17.8. The number of rotatable bonds is 5. The Morgan fingerprint density at radius 2 is 1.74 bits per heavy atom. The van der Waals surface area contributed by atoms with E-state index in [0.717, 1.165) is 28.9 Å². The predicted molar refractivity (Wildman–Crippen MR) is 111 cm³/mol. The molecule has 1 fully saturated rings. The van der Waals surface area contributed by atoms with Crippen molar-refractivity contribution in [3.05, 3.63) is 65.7 Å². The van der Waals surface area contributed by atoms with Crippen LogP contribution >= 0.6 is 0 Å². The lowest BCUT2D eigenvalue weighted by Gasteiger charge is -2.44. The number of carbonyl (C=O) groups excluding carboxylic acids is 1. The molecule has 1 saturated heterocycles. The molecule has 0 radical (unpaired) electrons. The van der Waals surface area contributed by atoms with Crippen molar-refractivity contribution >= 4 is 12.1 Å². The summed E-state index contributed by atoms with van der Waals surface area (Å²) < 4.78 is 94.1. The number of alkyl halides is 7. The third-order valence-corrected chi connectivity index (χ3v) is 5.36. The highest BCUT2D eigenvalue weighted by Crippen LogP contribution is 2.38. The van der Waals surface area contributed by atoms with Gasteiger partial charge in [-0.25, -0.2) is 14.1 Å². The van der Waals surface area contributed by atoms with E-state index in [9.17, 15) is 35.5 Å². The second kappa shape index (κ2) is 8.86. The molecular formula is C22H18F7N5O. The van der Waals surface area contributed by atoms with E-state index in [1.54, 1.807) is 6.20 Å². The van der Waals surface area contributed by atoms with E-state index in [4.69, 9.17) is 0 Å². The van der Waals surface area contributed by atoms with Crippen molar-refractivity contribution in [2.45, 2.75) is 24.4 Å². The summed E-state index contributed by atoms with van der Waals surface area (Å²) in [4.78, 5) is 17.3. The molecule has 0 atom stereocenters. The third-order valence-electron chi connectivity index (χ3n) is 5.36. The molecule has 0 bridgehead atoms. The minimum atomic E-state index is -5.01. The first kappa shape index (κ1) is 24.5. The first-order chi connectivity index (χ1) is 16.3. The van der Waals surface area contributed by atoms with Crippen LogP contribution in [0.15, 0.2) is 54.5 Å². The molecule has 4 rings (SSSR count). The molecule has 1 aromatic carbocycles. The lowest BCUT2D eigenvalue weighted by molar-refractivity contribution is -0.143. The number of benzene rings is 1. The molecule has 6 nitrogen and oxygen atoms in total. The van der Waals surface area contributed by atoms with Crippen molar-refractivity contribution in [1.29, 1.82) is 0 Å². The Hall–Kier alpha value is -3.64. The summed E-state index contributed by atoms with van der Waals surface area (Å²) in [6.45, 7) is 0.433. The van der Waals surface area contributed by atoms with Gasteiger partial charge in [0.2, 0.25) is 5.91 Å². The summed E-state index contributed by atoms with van der Waals surface area (Å²) in [6.07, 6.45) is -1.26. The number of nitrogens with one attached hydrogen (secondary N) is 1. The number of hydrogen-bond acceptors (Lipinski definition) is 4. The average molecular weight is 501 g/mol. The molecule has 0 spiro atoms. The molecule has 0 aliphatic carbocycles. The van der Waals surface area contributed by atoms with E-state index in [2.05, 4.69) is 15.4 Å². The van der Waals surface area contributed by atoms with Crippen LogP contribution in [0.1, 0.15) is 17.5 Å². The Morgan fingerprint density at radius 1 is 1.09 bits per heavy atom. The van der Waals surface area contributed by atoms with Crippen molar-refractivity contribution in [3.63, 3.8) is 0 Å². The number of dihydropyridines is 1. The maximum Gasteiger partial charge on any atom is 0.416 e. The highest BCUT2D eigenvalue weighted by Gasteiger charge is 2.45. The van der Waals surface area contributed by atoms with Gasteiger partial charge in [0.15, 0.2) is 5.82 Å². The maximum absolute atomic E-state index is 14.8. The van der Waals surface area contributed by atoms with Crippen LogP contribution in [-0.2, 0) is 17.1 Å². The third kappa shape index (κ3) is 5.72. The van der Waals surface area contributed by atoms with Crippen LogP contribution in [-0.4, -0.2) is 50.9 Å². The summed E-state index contributed by atoms with van der Waals surface area (Å²) in [5.41, 5.74) is -4.26. The van der Waals surface area contributed by atoms with Gasteiger partial charge in [0.05, 0.1) is 24.2 Å². The van der Waals surface area contributed by atoms with E-state index in [1.807, 2.05) is 12.2 Å². The van der Waals surface area contributed by atoms with Gasteiger partial charge < -0.3 is 10.2 Å². The van der Waals surface area contributed by atoms with E-state index >= 15 is 0 Å². The van der Waals surface area contributed by atoms with Crippen LogP contribution in [0.4, 0.5) is 30.7 Å². The van der Waals surface area contributed by atoms with E-state index in [-0.39, 0.29) is 25.6 Å². The summed E-state index contributed by atoms with van der Waals surface area (Å²) in [5.74, 6) is -0.923. The fraction of sp³-hybridized carbons (Fsp3) is 0.318. The fourth-order valence-corrected chi connectivity index (χ4v) is 3.71. The van der Waals surface area contributed by atoms with Crippen molar-refractivity contribution in [1.82, 2.24) is 25.0 Å². The lowest BCUT2D eigenvalue weighted by Crippen LogP contribution is -2.60. The van der Waals surface area contributed by atoms with E-state index in [1.165, 1.54) is 4.90 Å². The minimum absolute atomic E-state index is 0.00857. The molecule has 1 aromatic heterocycles. The zero-order valence-electron chi connectivity index (χ0n) is 17.9. The van der Waals surface area contributed by atoms with Gasteiger partial charge in [-0.15, -0.1) is 5.10 Å². The van der Waals surface area contributed by atoms with E-state index < -0.39 is 46.4 Å². The Morgan fingerprint density at radius 3 is 2.31 bits per heavy atom. The van der Waals surface area contributed by atoms with Crippen LogP contribution < -0.4 is 5.32 Å². The van der Waals surface area contributed by atoms with Crippen molar-refractivity contribution in [2.75, 3.05) is 19.6 Å². The van der Waals surface area contributed by atoms with Crippen LogP contribution in [0, 0.1) is 0 Å². The van der Waals surface area contributed by atoms with Gasteiger partial charge in [-0.3, -0.25) is 4.79 Å². The summed E-state index contributed by atoms with van der Waals surface area (Å²) in [6, 6.07) is 1.03. The van der Waals surface area contributed by atoms with Crippen LogP contribution in [0.2, 0.25) is 0 Å². The average Bonchev–Trinajstić information content (AvgIpc) is 3.24. The maximum atomic E-state index is 14.8. The van der Waals surface area contributed by atoms with Gasteiger partial charge in [0, 0.05) is 37.0 Å². The first-order valence-electron chi connectivity index (χ1n) is 10.3. The number of aromatic nitrogens is 3. The SMILES string of the molecule is O=C(/C=C\n1cnc(-c2cc(C(F)(F)F)cc(C(F)(F)F)c2)n1)N1CC(F)(CC2=CNCC=C2)C1. The van der Waals surface area contributed by atoms with Gasteiger partial charge in [-0.2, -0.15) is 26.3 Å². The van der Waals surface area contributed by atoms with Crippen LogP contribution in [0.5, 0.6) is 0 Å². The second-order valence-electron chi connectivity index (χ2n) is 8.21. The molecule has 0 saturated carbocycles. The predicted octanol–water partition coefficient (Wildman–Crippen LogP) is 4.44. The number of hydrogen-bond donors (Lipinski definition) is 1. The Kier molecular flexibility index (Phi) is 6.20. The smallest absolute Gasteiger partial charge is 0.387 e. The highest BCUT2D eigenvalue weighted by molar-refractivity contribution is 5.91. The monoisotopic (exact) mass is 501 g/mol. The molecule has 35 heavy (non-hydrogen) atoms. The molecule has 2 aliphatic heterocycles. The van der Waals surface area contributed by atoms with Gasteiger partial charge in [0.1, 0.15) is 12.0 Å². The van der Waals surface area contributed by atoms with Crippen LogP contribution in [0.25, 0.3) is 17.6 Å². The van der Waals surface area contributed by atoms with Crippen molar-refractivity contribution < 1.29 is 35.5 Å².